The van der Waals surface area contributed by atoms with Gasteiger partial charge in [-0.15, -0.1) is 0 Å². The van der Waals surface area contributed by atoms with Gasteiger partial charge < -0.3 is 10.4 Å². The van der Waals surface area contributed by atoms with Crippen LogP contribution in [0.15, 0.2) is 0 Å². The zero-order chi connectivity index (χ0) is 15.7. The number of amides is 1. The number of hydrogen-bond acceptors (Lipinski definition) is 4. The summed E-state index contributed by atoms with van der Waals surface area (Å²) in [6.45, 7) is 2.10. The molecule has 1 heterocycles. The second-order valence-corrected chi connectivity index (χ2v) is 8.21. The molecule has 1 saturated carbocycles. The van der Waals surface area contributed by atoms with E-state index in [9.17, 15) is 23.1 Å². The van der Waals surface area contributed by atoms with Crippen LogP contribution >= 0.6 is 0 Å². The fourth-order valence-electron chi connectivity index (χ4n) is 2.98. The fraction of sp³-hybridized carbons (Fsp3) is 0.846. The highest BCUT2D eigenvalue weighted by atomic mass is 32.2. The molecule has 0 aromatic heterocycles. The van der Waals surface area contributed by atoms with Gasteiger partial charge in [-0.3, -0.25) is 4.79 Å². The van der Waals surface area contributed by atoms with Crippen LogP contribution in [0.2, 0.25) is 0 Å². The van der Waals surface area contributed by atoms with Gasteiger partial charge in [-0.25, -0.2) is 13.2 Å². The molecule has 0 aromatic rings. The van der Waals surface area contributed by atoms with Crippen molar-refractivity contribution in [1.29, 1.82) is 0 Å². The van der Waals surface area contributed by atoms with Gasteiger partial charge in [0.25, 0.3) is 0 Å². The molecule has 8 heteroatoms. The van der Waals surface area contributed by atoms with Crippen molar-refractivity contribution in [2.75, 3.05) is 18.8 Å². The summed E-state index contributed by atoms with van der Waals surface area (Å²) in [4.78, 5) is 23.6. The number of carbonyl (C=O) groups is 2. The molecule has 0 aromatic carbocycles. The molecule has 1 saturated heterocycles. The molecule has 2 fully saturated rings. The molecule has 0 radical (unpaired) electrons. The number of hydrogen-bond donors (Lipinski definition) is 2. The van der Waals surface area contributed by atoms with Gasteiger partial charge in [-0.05, 0) is 38.0 Å². The number of aliphatic carboxylic acids is 1. The van der Waals surface area contributed by atoms with Crippen LogP contribution in [-0.4, -0.2) is 54.1 Å². The standard InChI is InChI=1S/C13H22N2O5S/c1-10-3-5-13(6-4-10,12(17)18)14-11(16)9-15-7-2-8-21(15,19)20/h10H,2-9H2,1H3,(H,14,16)(H,17,18). The van der Waals surface area contributed by atoms with Crippen molar-refractivity contribution in [3.05, 3.63) is 0 Å². The molecule has 0 atom stereocenters. The predicted molar refractivity (Wildman–Crippen MR) is 76.1 cm³/mol. The van der Waals surface area contributed by atoms with Crippen molar-refractivity contribution in [2.24, 2.45) is 5.92 Å². The third-order valence-corrected chi connectivity index (χ3v) is 6.34. The van der Waals surface area contributed by atoms with E-state index in [0.29, 0.717) is 31.7 Å². The van der Waals surface area contributed by atoms with Crippen LogP contribution in [0.3, 0.4) is 0 Å². The molecule has 0 unspecified atom stereocenters. The minimum Gasteiger partial charge on any atom is -0.480 e. The van der Waals surface area contributed by atoms with Crippen molar-refractivity contribution in [1.82, 2.24) is 9.62 Å². The Kier molecular flexibility index (Phi) is 4.57. The zero-order valence-electron chi connectivity index (χ0n) is 12.2. The number of carbonyl (C=O) groups excluding carboxylic acids is 1. The fourth-order valence-corrected chi connectivity index (χ4v) is 4.46. The lowest BCUT2D eigenvalue weighted by Crippen LogP contribution is -2.58. The average Bonchev–Trinajstić information content (AvgIpc) is 2.71. The number of carboxylic acids is 1. The highest BCUT2D eigenvalue weighted by Gasteiger charge is 2.43. The lowest BCUT2D eigenvalue weighted by Gasteiger charge is -2.36. The van der Waals surface area contributed by atoms with Gasteiger partial charge in [-0.1, -0.05) is 6.92 Å². The Morgan fingerprint density at radius 2 is 1.95 bits per heavy atom. The summed E-state index contributed by atoms with van der Waals surface area (Å²) >= 11 is 0. The lowest BCUT2D eigenvalue weighted by atomic mass is 9.77. The Balaban J connectivity index is 2.01. The maximum absolute atomic E-state index is 12.1. The van der Waals surface area contributed by atoms with E-state index in [1.54, 1.807) is 0 Å². The van der Waals surface area contributed by atoms with Gasteiger partial charge in [0.1, 0.15) is 5.54 Å². The third-order valence-electron chi connectivity index (χ3n) is 4.44. The number of carboxylic acid groups (broad SMARTS) is 1. The first kappa shape index (κ1) is 16.2. The Hall–Kier alpha value is -1.15. The number of nitrogens with one attached hydrogen (secondary N) is 1. The Labute approximate surface area is 124 Å². The van der Waals surface area contributed by atoms with Crippen molar-refractivity contribution >= 4 is 21.9 Å². The van der Waals surface area contributed by atoms with E-state index in [2.05, 4.69) is 12.2 Å². The van der Waals surface area contributed by atoms with Crippen LogP contribution in [0.5, 0.6) is 0 Å². The van der Waals surface area contributed by atoms with Gasteiger partial charge in [0.2, 0.25) is 15.9 Å². The highest BCUT2D eigenvalue weighted by Crippen LogP contribution is 2.32. The SMILES string of the molecule is CC1CCC(NC(=O)CN2CCCS2(=O)=O)(C(=O)O)CC1. The molecule has 1 aliphatic carbocycles. The smallest absolute Gasteiger partial charge is 0.329 e. The van der Waals surface area contributed by atoms with Crippen molar-refractivity contribution in [3.63, 3.8) is 0 Å². The van der Waals surface area contributed by atoms with Crippen molar-refractivity contribution in [2.45, 2.75) is 44.6 Å². The summed E-state index contributed by atoms with van der Waals surface area (Å²) in [6.07, 6.45) is 2.78. The molecule has 7 nitrogen and oxygen atoms in total. The predicted octanol–water partition coefficient (Wildman–Crippen LogP) is 0.172. The Morgan fingerprint density at radius 3 is 2.43 bits per heavy atom. The van der Waals surface area contributed by atoms with E-state index in [-0.39, 0.29) is 12.3 Å². The highest BCUT2D eigenvalue weighted by molar-refractivity contribution is 7.89. The number of rotatable bonds is 4. The average molecular weight is 318 g/mol. The minimum absolute atomic E-state index is 0.0574. The van der Waals surface area contributed by atoms with E-state index in [4.69, 9.17) is 0 Å². The van der Waals surface area contributed by atoms with E-state index in [0.717, 1.165) is 17.1 Å². The summed E-state index contributed by atoms with van der Waals surface area (Å²) in [5, 5.41) is 12.0. The topological polar surface area (TPSA) is 104 Å². The largest absolute Gasteiger partial charge is 0.480 e. The second kappa shape index (κ2) is 5.92. The van der Waals surface area contributed by atoms with Gasteiger partial charge in [-0.2, -0.15) is 4.31 Å². The molecule has 0 bridgehead atoms. The van der Waals surface area contributed by atoms with Crippen molar-refractivity contribution in [3.8, 4) is 0 Å². The van der Waals surface area contributed by atoms with Crippen LogP contribution in [0.4, 0.5) is 0 Å². The molecule has 21 heavy (non-hydrogen) atoms. The first-order valence-electron chi connectivity index (χ1n) is 7.27. The molecule has 0 spiro atoms. The summed E-state index contributed by atoms with van der Waals surface area (Å²) in [5.74, 6) is -1.06. The normalized spacial score (nSPS) is 32.7. The maximum atomic E-state index is 12.1. The molecule has 1 aliphatic heterocycles. The van der Waals surface area contributed by atoms with E-state index >= 15 is 0 Å². The quantitative estimate of drug-likeness (QED) is 0.769. The van der Waals surface area contributed by atoms with Gasteiger partial charge in [0, 0.05) is 6.54 Å². The second-order valence-electron chi connectivity index (χ2n) is 6.12. The summed E-state index contributed by atoms with van der Waals surface area (Å²) in [7, 11) is -3.35. The lowest BCUT2D eigenvalue weighted by molar-refractivity contribution is -0.149. The molecular formula is C13H22N2O5S. The van der Waals surface area contributed by atoms with E-state index < -0.39 is 27.4 Å². The van der Waals surface area contributed by atoms with Crippen LogP contribution in [0.1, 0.15) is 39.0 Å². The summed E-state index contributed by atoms with van der Waals surface area (Å²) in [6, 6.07) is 0. The third kappa shape index (κ3) is 3.55. The molecule has 2 aliphatic rings. The van der Waals surface area contributed by atoms with Crippen LogP contribution in [0.25, 0.3) is 0 Å². The van der Waals surface area contributed by atoms with Crippen LogP contribution < -0.4 is 5.32 Å². The minimum atomic E-state index is -3.35. The van der Waals surface area contributed by atoms with Crippen LogP contribution in [0, 0.1) is 5.92 Å². The number of nitrogens with zero attached hydrogens (tertiary/aromatic N) is 1. The van der Waals surface area contributed by atoms with Gasteiger partial charge >= 0.3 is 5.97 Å². The van der Waals surface area contributed by atoms with E-state index in [1.807, 2.05) is 0 Å². The molecular weight excluding hydrogens is 296 g/mol. The Bertz CT molecular complexity index is 523. The van der Waals surface area contributed by atoms with Gasteiger partial charge in [0.15, 0.2) is 0 Å². The number of sulfonamides is 1. The van der Waals surface area contributed by atoms with Crippen LogP contribution in [-0.2, 0) is 19.6 Å². The monoisotopic (exact) mass is 318 g/mol. The first-order chi connectivity index (χ1) is 9.75. The van der Waals surface area contributed by atoms with Crippen molar-refractivity contribution < 1.29 is 23.1 Å². The molecule has 1 amide bonds. The summed E-state index contributed by atoms with van der Waals surface area (Å²) < 4.78 is 24.5. The molecule has 2 rings (SSSR count). The molecule has 2 N–H and O–H groups in total. The zero-order valence-corrected chi connectivity index (χ0v) is 13.0. The summed E-state index contributed by atoms with van der Waals surface area (Å²) in [5.41, 5.74) is -1.24. The maximum Gasteiger partial charge on any atom is 0.329 e. The Morgan fingerprint density at radius 1 is 1.33 bits per heavy atom. The first-order valence-corrected chi connectivity index (χ1v) is 8.88. The molecule has 120 valence electrons. The van der Waals surface area contributed by atoms with E-state index in [1.165, 1.54) is 0 Å². The van der Waals surface area contributed by atoms with Gasteiger partial charge in [0.05, 0.1) is 12.3 Å².